The Kier molecular flexibility index (Phi) is 4.86. The van der Waals surface area contributed by atoms with Gasteiger partial charge in [-0.1, -0.05) is 10.2 Å². The molecule has 8 N–H and O–H groups in total. The Morgan fingerprint density at radius 2 is 1.23 bits per heavy atom. The highest BCUT2D eigenvalue weighted by Crippen LogP contribution is 2.14. The molecule has 1 aliphatic heterocycles. The van der Waals surface area contributed by atoms with Crippen LogP contribution in [0.5, 0.6) is 0 Å². The molecule has 152 valence electrons. The summed E-state index contributed by atoms with van der Waals surface area (Å²) in [6.45, 7) is 0. The monoisotopic (exact) mass is 413 g/mol. The number of aromatic nitrogens is 8. The third-order valence-electron chi connectivity index (χ3n) is 3.50. The third-order valence-corrected chi connectivity index (χ3v) is 3.50. The van der Waals surface area contributed by atoms with Gasteiger partial charge in [0.05, 0.1) is 0 Å². The van der Waals surface area contributed by atoms with Crippen LogP contribution in [0.1, 0.15) is 31.1 Å². The van der Waals surface area contributed by atoms with Crippen LogP contribution < -0.4 is 32.4 Å². The summed E-state index contributed by atoms with van der Waals surface area (Å²) >= 11 is 0. The number of hydrazone groups is 1. The van der Waals surface area contributed by atoms with Gasteiger partial charge < -0.3 is 0 Å². The first-order chi connectivity index (χ1) is 14.6. The number of hydrogen-bond acceptors (Lipinski definition) is 13. The normalized spacial score (nSPS) is 12.3. The van der Waals surface area contributed by atoms with Crippen LogP contribution in [0.3, 0.4) is 0 Å². The van der Waals surface area contributed by atoms with Crippen LogP contribution in [0.25, 0.3) is 0 Å². The number of anilines is 2. The van der Waals surface area contributed by atoms with Crippen molar-refractivity contribution in [1.29, 1.82) is 0 Å². The largest absolute Gasteiger partial charge is 0.290 e. The summed E-state index contributed by atoms with van der Waals surface area (Å²) in [6, 6.07) is 3.80. The molecule has 3 aromatic rings. The van der Waals surface area contributed by atoms with E-state index in [9.17, 15) is 14.4 Å². The Hall–Kier alpha value is -5.00. The van der Waals surface area contributed by atoms with Crippen molar-refractivity contribution in [3.05, 3.63) is 34.9 Å². The lowest BCUT2D eigenvalue weighted by Gasteiger charge is -2.09. The van der Waals surface area contributed by atoms with Crippen molar-refractivity contribution in [1.82, 2.24) is 63.1 Å². The molecule has 18 heteroatoms. The minimum atomic E-state index is -0.681. The molecule has 0 unspecified atom stereocenters. The lowest BCUT2D eigenvalue weighted by Crippen LogP contribution is -2.43. The maximum atomic E-state index is 12.6. The molecule has 1 aliphatic rings. The van der Waals surface area contributed by atoms with Gasteiger partial charge in [-0.15, -0.1) is 20.8 Å². The first kappa shape index (κ1) is 18.4. The molecule has 1 aromatic carbocycles. The van der Waals surface area contributed by atoms with Crippen molar-refractivity contribution in [2.75, 3.05) is 10.6 Å². The van der Waals surface area contributed by atoms with Gasteiger partial charge in [-0.2, -0.15) is 10.4 Å². The van der Waals surface area contributed by atoms with E-state index in [0.29, 0.717) is 0 Å². The molecule has 0 bridgehead atoms. The van der Waals surface area contributed by atoms with Gasteiger partial charge in [0.2, 0.25) is 5.96 Å². The number of rotatable bonds is 5. The van der Waals surface area contributed by atoms with Crippen LogP contribution >= 0.6 is 0 Å². The van der Waals surface area contributed by atoms with Crippen LogP contribution in [0.2, 0.25) is 0 Å². The van der Waals surface area contributed by atoms with Crippen LogP contribution in [-0.2, 0) is 0 Å². The van der Waals surface area contributed by atoms with E-state index in [2.05, 4.69) is 78.8 Å². The summed E-state index contributed by atoms with van der Waals surface area (Å²) in [5.41, 5.74) is 7.30. The Morgan fingerprint density at radius 3 is 1.63 bits per heavy atom. The van der Waals surface area contributed by atoms with Gasteiger partial charge >= 0.3 is 0 Å². The number of carbonyl (C=O) groups is 3. The molecule has 3 heterocycles. The van der Waals surface area contributed by atoms with E-state index >= 15 is 0 Å². The number of guanidine groups is 1. The molecular weight excluding hydrogens is 402 g/mol. The Balaban J connectivity index is 1.62. The lowest BCUT2D eigenvalue weighted by molar-refractivity contribution is 0.0976. The number of amides is 3. The number of H-pyrrole nitrogens is 2. The first-order valence-corrected chi connectivity index (χ1v) is 7.98. The molecule has 2 aromatic heterocycles. The van der Waals surface area contributed by atoms with Crippen LogP contribution in [0.4, 0.5) is 11.9 Å². The third kappa shape index (κ3) is 4.12. The van der Waals surface area contributed by atoms with Crippen LogP contribution in [-0.4, -0.2) is 64.9 Å². The lowest BCUT2D eigenvalue weighted by atomic mass is 10.0. The highest BCUT2D eigenvalue weighted by molar-refractivity contribution is 6.12. The van der Waals surface area contributed by atoms with E-state index in [0.717, 1.165) is 0 Å². The second-order valence-corrected chi connectivity index (χ2v) is 5.45. The maximum absolute atomic E-state index is 12.6. The molecule has 30 heavy (non-hydrogen) atoms. The van der Waals surface area contributed by atoms with Crippen molar-refractivity contribution < 1.29 is 14.4 Å². The average molecular weight is 413 g/mol. The molecule has 0 saturated carbocycles. The number of nitrogens with zero attached hydrogens (tertiary/aromatic N) is 7. The van der Waals surface area contributed by atoms with Crippen molar-refractivity contribution in [3.8, 4) is 0 Å². The molecule has 3 amide bonds. The topological polar surface area (TPSA) is 245 Å². The Morgan fingerprint density at radius 1 is 0.733 bits per heavy atom. The molecule has 0 atom stereocenters. The second-order valence-electron chi connectivity index (χ2n) is 5.45. The minimum Gasteiger partial charge on any atom is -0.290 e. The standard InChI is InChI=1S/C12H11N15O3/c28-7(13-10-16-22-23-17-10)4-1-5(8(29)14-11-18-24-25-19-11)3-6(2-4)9(30)15-12-20-26-27-21-12/h1-3,22-23H,(H2,13,16,17,28)(H2,14,18,19,24,25,29)(H2,15,20,21,26,27,30). The predicted molar refractivity (Wildman–Crippen MR) is 95.0 cm³/mol. The van der Waals surface area contributed by atoms with Gasteiger partial charge in [0, 0.05) is 16.7 Å². The SMILES string of the molecule is O=C(NC1=NNNN1)c1cc(C(=O)Nc2nn[nH]n2)cc(C(=O)Nc2nn[nH]n2)c1. The fourth-order valence-electron chi connectivity index (χ4n) is 2.24. The Labute approximate surface area is 164 Å². The van der Waals surface area contributed by atoms with E-state index in [1.54, 1.807) is 0 Å². The number of tetrazole rings is 2. The zero-order valence-corrected chi connectivity index (χ0v) is 14.6. The summed E-state index contributed by atoms with van der Waals surface area (Å²) in [6.07, 6.45) is 0. The zero-order chi connectivity index (χ0) is 20.9. The number of hydrazine groups is 2. The molecule has 0 saturated heterocycles. The molecular formula is C12H11N15O3. The smallest absolute Gasteiger partial charge is 0.270 e. The van der Waals surface area contributed by atoms with Crippen molar-refractivity contribution in [2.45, 2.75) is 0 Å². The quantitative estimate of drug-likeness (QED) is 0.206. The number of nitrogens with one attached hydrogen (secondary N) is 8. The molecule has 0 fully saturated rings. The van der Waals surface area contributed by atoms with Gasteiger partial charge in [-0.05, 0) is 28.6 Å². The van der Waals surface area contributed by atoms with Crippen LogP contribution in [0.15, 0.2) is 23.3 Å². The molecule has 0 radical (unpaired) electrons. The molecule has 0 aliphatic carbocycles. The summed E-state index contributed by atoms with van der Waals surface area (Å²) in [5, 5.41) is 36.4. The second kappa shape index (κ2) is 7.93. The zero-order valence-electron chi connectivity index (χ0n) is 14.6. The summed E-state index contributed by atoms with van der Waals surface area (Å²) in [4.78, 5) is 37.6. The average Bonchev–Trinajstić information content (AvgIpc) is 3.51. The number of benzene rings is 1. The van der Waals surface area contributed by atoms with Crippen molar-refractivity contribution in [3.63, 3.8) is 0 Å². The highest BCUT2D eigenvalue weighted by atomic mass is 16.2. The van der Waals surface area contributed by atoms with Gasteiger partial charge in [-0.3, -0.25) is 35.8 Å². The predicted octanol–water partition coefficient (Wildman–Crippen LogP) is -3.17. The fourth-order valence-corrected chi connectivity index (χ4v) is 2.24. The van der Waals surface area contributed by atoms with Crippen LogP contribution in [0, 0.1) is 0 Å². The van der Waals surface area contributed by atoms with Crippen molar-refractivity contribution >= 4 is 35.6 Å². The van der Waals surface area contributed by atoms with E-state index < -0.39 is 17.7 Å². The Bertz CT molecular complexity index is 1040. The molecule has 4 rings (SSSR count). The van der Waals surface area contributed by atoms with E-state index in [1.807, 2.05) is 0 Å². The van der Waals surface area contributed by atoms with Crippen molar-refractivity contribution in [2.24, 2.45) is 5.10 Å². The maximum Gasteiger partial charge on any atom is 0.270 e. The first-order valence-electron chi connectivity index (χ1n) is 7.98. The van der Waals surface area contributed by atoms with E-state index in [4.69, 9.17) is 0 Å². The number of carbonyl (C=O) groups excluding carboxylic acids is 3. The van der Waals surface area contributed by atoms with Gasteiger partial charge in [0.15, 0.2) is 0 Å². The summed E-state index contributed by atoms with van der Waals surface area (Å²) < 4.78 is 0. The summed E-state index contributed by atoms with van der Waals surface area (Å²) in [7, 11) is 0. The highest BCUT2D eigenvalue weighted by Gasteiger charge is 2.19. The van der Waals surface area contributed by atoms with Gasteiger partial charge in [0.25, 0.3) is 29.6 Å². The van der Waals surface area contributed by atoms with Gasteiger partial charge in [-0.25, -0.2) is 5.53 Å². The number of aromatic amines is 2. The minimum absolute atomic E-state index is 0.00887. The van der Waals surface area contributed by atoms with E-state index in [1.165, 1.54) is 18.2 Å². The summed E-state index contributed by atoms with van der Waals surface area (Å²) in [5.74, 6) is -2.10. The number of hydrogen-bond donors (Lipinski definition) is 8. The van der Waals surface area contributed by atoms with Gasteiger partial charge in [0.1, 0.15) is 0 Å². The molecule has 0 spiro atoms. The molecule has 18 nitrogen and oxygen atoms in total. The van der Waals surface area contributed by atoms with E-state index in [-0.39, 0.29) is 34.5 Å². The fraction of sp³-hybridized carbons (Fsp3) is 0.